The highest BCUT2D eigenvalue weighted by Gasteiger charge is 2.45. The van der Waals surface area contributed by atoms with Crippen LogP contribution in [0.4, 0.5) is 5.69 Å². The summed E-state index contributed by atoms with van der Waals surface area (Å²) in [5.41, 5.74) is 20.4. The van der Waals surface area contributed by atoms with Crippen LogP contribution in [0.25, 0.3) is 16.5 Å². The number of β-amino-alcohol motifs (C(OH)–C–C–N with tert-alkyl or cyclic N) is 1. The molecule has 0 radical (unpaired) electrons. The van der Waals surface area contributed by atoms with Gasteiger partial charge in [-0.15, -0.1) is 11.3 Å². The first-order chi connectivity index (χ1) is 33.9. The average molecular weight is 989 g/mol. The number of aliphatic hydroxyl groups is 1. The normalized spacial score (nSPS) is 20.0. The van der Waals surface area contributed by atoms with Crippen molar-refractivity contribution >= 4 is 58.5 Å². The molecule has 3 aromatic carbocycles. The van der Waals surface area contributed by atoms with Crippen molar-refractivity contribution in [3.8, 4) is 10.4 Å². The van der Waals surface area contributed by atoms with E-state index in [1.807, 2.05) is 119 Å². The smallest absolute Gasteiger partial charge is 0.246 e. The Bertz CT molecular complexity index is 2590. The number of unbranched alkanes of at least 4 members (excludes halogenated alkanes) is 1. The van der Waals surface area contributed by atoms with Crippen LogP contribution in [-0.2, 0) is 59.5 Å². The zero-order valence-corrected chi connectivity index (χ0v) is 42.1. The third-order valence-corrected chi connectivity index (χ3v) is 14.6. The average Bonchev–Trinajstić information content (AvgIpc) is 4.06. The van der Waals surface area contributed by atoms with Gasteiger partial charge in [-0.3, -0.25) is 33.7 Å². The summed E-state index contributed by atoms with van der Waals surface area (Å²) in [5, 5.41) is 19.6. The molecule has 71 heavy (non-hydrogen) atoms. The number of nitrogens with two attached hydrogens (primary N) is 2. The SMILES string of the molecule is Cc1ncsc1-c1ccc(CNC(=O)[C@@H]2C[C@@H](O)CN2C(=O)[C@@H](NC(=O)CCC/C=C/c2ccc(CO[C@H](C)[C@H](CCC(N)=O)NC(=O)C3Cc4cccc5c4N3C(=O)[C@@H](N)CC5)cc2)C(C)(C)C)cc1. The van der Waals surface area contributed by atoms with E-state index in [9.17, 15) is 33.9 Å². The number of carbonyl (C=O) groups is 6. The highest BCUT2D eigenvalue weighted by molar-refractivity contribution is 7.13. The number of ether oxygens (including phenoxy) is 1. The van der Waals surface area contributed by atoms with Gasteiger partial charge in [0.25, 0.3) is 0 Å². The zero-order chi connectivity index (χ0) is 51.0. The number of aryl methyl sites for hydroxylation is 2. The number of nitrogens with one attached hydrogen (secondary N) is 3. The molecule has 3 aliphatic rings. The number of likely N-dealkylation sites (tertiary alicyclic amines) is 1. The van der Waals surface area contributed by atoms with Crippen molar-refractivity contribution < 1.29 is 38.6 Å². The minimum Gasteiger partial charge on any atom is -0.391 e. The van der Waals surface area contributed by atoms with E-state index < -0.39 is 59.6 Å². The maximum absolute atomic E-state index is 14.1. The van der Waals surface area contributed by atoms with Gasteiger partial charge in [-0.25, -0.2) is 4.98 Å². The number of primary amides is 1. The quantitative estimate of drug-likeness (QED) is 0.0648. The number of anilines is 1. The maximum Gasteiger partial charge on any atom is 0.246 e. The molecule has 7 atom stereocenters. The summed E-state index contributed by atoms with van der Waals surface area (Å²) in [6.45, 7) is 9.89. The van der Waals surface area contributed by atoms with Gasteiger partial charge in [0, 0.05) is 38.8 Å². The number of thiazole rings is 1. The summed E-state index contributed by atoms with van der Waals surface area (Å²) in [6.07, 6.45) is 5.87. The molecular weight excluding hydrogens is 921 g/mol. The molecule has 16 nitrogen and oxygen atoms in total. The Labute approximate surface area is 420 Å². The summed E-state index contributed by atoms with van der Waals surface area (Å²) in [4.78, 5) is 88.4. The summed E-state index contributed by atoms with van der Waals surface area (Å²) in [6, 6.07) is 17.7. The molecule has 6 amide bonds. The van der Waals surface area contributed by atoms with E-state index in [0.717, 1.165) is 49.6 Å². The lowest BCUT2D eigenvalue weighted by Crippen LogP contribution is -2.57. The van der Waals surface area contributed by atoms with E-state index in [1.54, 1.807) is 16.2 Å². The predicted molar refractivity (Wildman–Crippen MR) is 273 cm³/mol. The molecule has 1 aromatic heterocycles. The van der Waals surface area contributed by atoms with Gasteiger partial charge in [0.05, 0.1) is 52.7 Å². The van der Waals surface area contributed by atoms with Crippen molar-refractivity contribution in [2.45, 2.75) is 148 Å². The minimum absolute atomic E-state index is 0.00364. The molecule has 1 unspecified atom stereocenters. The van der Waals surface area contributed by atoms with Gasteiger partial charge in [0.1, 0.15) is 18.1 Å². The van der Waals surface area contributed by atoms with E-state index in [2.05, 4.69) is 20.9 Å². The standard InChI is InChI=1S/C54H68N8O8S/c1-32-48(71-31-58-32)38-20-18-35(19-21-38)28-57-50(66)43-27-40(63)29-61(43)53(69)49(54(3,4)5)60-46(65)13-8-6-7-10-34-14-16-36(17-15-34)30-70-33(2)42(24-25-45(56)64)59-51(67)44-26-39-12-9-11-37-22-23-41(55)52(68)62(44)47(37)39/h7,9-12,14-21,31,33,40-44,49,63H,6,8,13,22-30,55H2,1-5H3,(H2,56,64)(H,57,66)(H,59,67)(H,60,65)/b10-7+/t33-,40-,41+,42+,43+,44?,49-/m1/s1. The summed E-state index contributed by atoms with van der Waals surface area (Å²) < 4.78 is 6.24. The Morgan fingerprint density at radius 3 is 2.37 bits per heavy atom. The van der Waals surface area contributed by atoms with Crippen LogP contribution in [0.2, 0.25) is 0 Å². The molecule has 378 valence electrons. The number of nitrogens with zero attached hydrogens (tertiary/aromatic N) is 3. The predicted octanol–water partition coefficient (Wildman–Crippen LogP) is 5.00. The fourth-order valence-corrected chi connectivity index (χ4v) is 10.4. The van der Waals surface area contributed by atoms with Gasteiger partial charge >= 0.3 is 0 Å². The van der Waals surface area contributed by atoms with Crippen LogP contribution in [0.3, 0.4) is 0 Å². The summed E-state index contributed by atoms with van der Waals surface area (Å²) in [7, 11) is 0. The van der Waals surface area contributed by atoms with Gasteiger partial charge < -0.3 is 42.2 Å². The number of amides is 6. The highest BCUT2D eigenvalue weighted by atomic mass is 32.1. The monoisotopic (exact) mass is 988 g/mol. The fourth-order valence-electron chi connectivity index (χ4n) is 9.55. The highest BCUT2D eigenvalue weighted by Crippen LogP contribution is 2.39. The van der Waals surface area contributed by atoms with Gasteiger partial charge in [-0.05, 0) is 84.7 Å². The number of aliphatic hydroxyl groups excluding tert-OH is 1. The van der Waals surface area contributed by atoms with E-state index >= 15 is 0 Å². The lowest BCUT2D eigenvalue weighted by Gasteiger charge is -2.35. The van der Waals surface area contributed by atoms with Gasteiger partial charge in [-0.2, -0.15) is 0 Å². The molecule has 4 heterocycles. The molecule has 8 N–H and O–H groups in total. The third-order valence-electron chi connectivity index (χ3n) is 13.6. The molecule has 1 saturated heterocycles. The van der Waals surface area contributed by atoms with Crippen LogP contribution in [-0.4, -0.2) is 99.4 Å². The number of aromatic nitrogens is 1. The number of allylic oxidation sites excluding steroid dienone is 1. The van der Waals surface area contributed by atoms with Crippen LogP contribution in [0.15, 0.2) is 78.3 Å². The van der Waals surface area contributed by atoms with E-state index in [1.165, 1.54) is 4.90 Å². The number of hydrogen-bond donors (Lipinski definition) is 6. The van der Waals surface area contributed by atoms with Crippen LogP contribution >= 0.6 is 11.3 Å². The number of hydrogen-bond acceptors (Lipinski definition) is 11. The second-order valence-corrected chi connectivity index (χ2v) is 21.0. The Kier molecular flexibility index (Phi) is 17.3. The van der Waals surface area contributed by atoms with E-state index in [4.69, 9.17) is 16.2 Å². The largest absolute Gasteiger partial charge is 0.391 e. The summed E-state index contributed by atoms with van der Waals surface area (Å²) in [5.74, 6) is -2.15. The second kappa shape index (κ2) is 23.3. The molecule has 0 bridgehead atoms. The molecule has 4 aromatic rings. The molecule has 0 aliphatic carbocycles. The van der Waals surface area contributed by atoms with Crippen molar-refractivity contribution in [3.63, 3.8) is 0 Å². The number of para-hydroxylation sites is 1. The van der Waals surface area contributed by atoms with Crippen molar-refractivity contribution in [3.05, 3.63) is 112 Å². The second-order valence-electron chi connectivity index (χ2n) is 20.1. The molecular formula is C54H68N8O8S. The minimum atomic E-state index is -0.913. The Morgan fingerprint density at radius 2 is 1.68 bits per heavy atom. The molecule has 3 aliphatic heterocycles. The van der Waals surface area contributed by atoms with Crippen molar-refractivity contribution in [2.24, 2.45) is 16.9 Å². The Balaban J connectivity index is 0.859. The Morgan fingerprint density at radius 1 is 0.958 bits per heavy atom. The van der Waals surface area contributed by atoms with Gasteiger partial charge in [-0.1, -0.05) is 99.7 Å². The van der Waals surface area contributed by atoms with E-state index in [0.29, 0.717) is 32.1 Å². The van der Waals surface area contributed by atoms with Crippen molar-refractivity contribution in [1.29, 1.82) is 0 Å². The number of benzene rings is 3. The van der Waals surface area contributed by atoms with Crippen LogP contribution in [0.1, 0.15) is 106 Å². The van der Waals surface area contributed by atoms with Crippen LogP contribution in [0, 0.1) is 12.3 Å². The number of carbonyl (C=O) groups excluding carboxylic acids is 6. The first-order valence-electron chi connectivity index (χ1n) is 24.6. The van der Waals surface area contributed by atoms with Gasteiger partial charge in [0.2, 0.25) is 35.4 Å². The molecule has 17 heteroatoms. The molecule has 0 spiro atoms. The van der Waals surface area contributed by atoms with Crippen molar-refractivity contribution in [1.82, 2.24) is 25.8 Å². The zero-order valence-electron chi connectivity index (χ0n) is 41.3. The van der Waals surface area contributed by atoms with E-state index in [-0.39, 0.29) is 69.0 Å². The Hall–Kier alpha value is -6.27. The number of rotatable bonds is 20. The molecule has 7 rings (SSSR count). The maximum atomic E-state index is 14.1. The first kappa shape index (κ1) is 52.6. The van der Waals surface area contributed by atoms with Crippen LogP contribution < -0.4 is 32.3 Å². The summed E-state index contributed by atoms with van der Waals surface area (Å²) >= 11 is 1.57. The van der Waals surface area contributed by atoms with Crippen LogP contribution in [0.5, 0.6) is 0 Å². The topological polar surface area (TPSA) is 239 Å². The van der Waals surface area contributed by atoms with Gasteiger partial charge in [0.15, 0.2) is 0 Å². The lowest BCUT2D eigenvalue weighted by atomic mass is 9.85. The first-order valence-corrected chi connectivity index (χ1v) is 25.5. The molecule has 1 fully saturated rings. The fraction of sp³-hybridized carbons (Fsp3) is 0.463. The lowest BCUT2D eigenvalue weighted by molar-refractivity contribution is -0.144. The molecule has 0 saturated carbocycles. The third kappa shape index (κ3) is 13.2. The van der Waals surface area contributed by atoms with Crippen molar-refractivity contribution in [2.75, 3.05) is 11.4 Å².